The summed E-state index contributed by atoms with van der Waals surface area (Å²) in [6, 6.07) is 16.1. The third-order valence-electron chi connectivity index (χ3n) is 4.43. The lowest BCUT2D eigenvalue weighted by molar-refractivity contribution is -0.130. The van der Waals surface area contributed by atoms with Gasteiger partial charge < -0.3 is 14.5 Å². The second kappa shape index (κ2) is 8.00. The van der Waals surface area contributed by atoms with Gasteiger partial charge in [0.25, 0.3) is 0 Å². The lowest BCUT2D eigenvalue weighted by Crippen LogP contribution is -2.07. The van der Waals surface area contributed by atoms with Crippen molar-refractivity contribution in [2.45, 2.75) is 13.8 Å². The molecule has 3 aromatic rings. The SMILES string of the molecule is CC(=O)Nc1ccc(C2=N/C(=C\c3ccc(-c4ccc(C)c(Cl)c4)o3)C(=O)O2)cc1. The van der Waals surface area contributed by atoms with Gasteiger partial charge in [-0.1, -0.05) is 23.7 Å². The monoisotopic (exact) mass is 420 g/mol. The molecule has 1 aliphatic rings. The Morgan fingerprint density at radius 1 is 1.07 bits per heavy atom. The Kier molecular flexibility index (Phi) is 5.25. The standard InChI is InChI=1S/C23H17ClN2O4/c1-13-3-4-16(11-19(13)24)21-10-9-18(29-21)12-20-23(28)30-22(26-20)15-5-7-17(8-6-15)25-14(2)27/h3-12H,1-2H3,(H,25,27)/b20-12-. The van der Waals surface area contributed by atoms with Gasteiger partial charge in [0.05, 0.1) is 0 Å². The summed E-state index contributed by atoms with van der Waals surface area (Å²) in [5.41, 5.74) is 3.23. The van der Waals surface area contributed by atoms with Crippen molar-refractivity contribution in [1.29, 1.82) is 0 Å². The van der Waals surface area contributed by atoms with Crippen LogP contribution < -0.4 is 5.32 Å². The lowest BCUT2D eigenvalue weighted by atomic mass is 10.1. The molecular formula is C23H17ClN2O4. The summed E-state index contributed by atoms with van der Waals surface area (Å²) in [7, 11) is 0. The van der Waals surface area contributed by atoms with Crippen LogP contribution in [0.5, 0.6) is 0 Å². The lowest BCUT2D eigenvalue weighted by Gasteiger charge is -2.03. The number of aliphatic imine (C=N–C) groups is 1. The zero-order valence-electron chi connectivity index (χ0n) is 16.2. The first-order chi connectivity index (χ1) is 14.4. The number of anilines is 1. The summed E-state index contributed by atoms with van der Waals surface area (Å²) in [6.07, 6.45) is 1.53. The van der Waals surface area contributed by atoms with Gasteiger partial charge in [0.15, 0.2) is 5.70 Å². The fraction of sp³-hybridized carbons (Fsp3) is 0.0870. The Hall–Kier alpha value is -3.64. The highest BCUT2D eigenvalue weighted by Crippen LogP contribution is 2.28. The molecule has 0 bridgehead atoms. The van der Waals surface area contributed by atoms with E-state index in [1.54, 1.807) is 36.4 Å². The number of hydrogen-bond donors (Lipinski definition) is 1. The molecule has 2 heterocycles. The number of esters is 1. The van der Waals surface area contributed by atoms with Crippen molar-refractivity contribution in [1.82, 2.24) is 0 Å². The van der Waals surface area contributed by atoms with Gasteiger partial charge in [-0.2, -0.15) is 0 Å². The normalized spacial score (nSPS) is 14.6. The summed E-state index contributed by atoms with van der Waals surface area (Å²) in [5.74, 6) is 0.570. The number of nitrogens with zero attached hydrogens (tertiary/aromatic N) is 1. The molecule has 7 heteroatoms. The van der Waals surface area contributed by atoms with E-state index in [1.165, 1.54) is 13.0 Å². The van der Waals surface area contributed by atoms with Gasteiger partial charge in [0, 0.05) is 34.8 Å². The number of hydrogen-bond acceptors (Lipinski definition) is 5. The second-order valence-electron chi connectivity index (χ2n) is 6.76. The van der Waals surface area contributed by atoms with Crippen LogP contribution in [0.25, 0.3) is 17.4 Å². The minimum absolute atomic E-state index is 0.138. The van der Waals surface area contributed by atoms with Crippen LogP contribution in [0.1, 0.15) is 23.8 Å². The largest absolute Gasteiger partial charge is 0.457 e. The molecule has 1 amide bonds. The number of cyclic esters (lactones) is 1. The molecule has 0 spiro atoms. The first kappa shape index (κ1) is 19.7. The van der Waals surface area contributed by atoms with Gasteiger partial charge in [-0.05, 0) is 55.0 Å². The van der Waals surface area contributed by atoms with Crippen LogP contribution in [-0.2, 0) is 14.3 Å². The molecule has 0 aliphatic carbocycles. The molecule has 0 unspecified atom stereocenters. The average molecular weight is 421 g/mol. The van der Waals surface area contributed by atoms with E-state index in [9.17, 15) is 9.59 Å². The number of nitrogens with one attached hydrogen (secondary N) is 1. The highest BCUT2D eigenvalue weighted by molar-refractivity contribution is 6.31. The van der Waals surface area contributed by atoms with Crippen molar-refractivity contribution in [3.63, 3.8) is 0 Å². The molecule has 30 heavy (non-hydrogen) atoms. The Morgan fingerprint density at radius 2 is 1.80 bits per heavy atom. The smallest absolute Gasteiger partial charge is 0.363 e. The third kappa shape index (κ3) is 4.18. The predicted molar refractivity (Wildman–Crippen MR) is 115 cm³/mol. The number of amides is 1. The van der Waals surface area contributed by atoms with Gasteiger partial charge in [0.2, 0.25) is 11.8 Å². The van der Waals surface area contributed by atoms with Crippen LogP contribution in [-0.4, -0.2) is 17.8 Å². The molecule has 1 aromatic heterocycles. The summed E-state index contributed by atoms with van der Waals surface area (Å²) >= 11 is 6.18. The summed E-state index contributed by atoms with van der Waals surface area (Å²) in [5, 5.41) is 3.33. The number of furan rings is 1. The maximum Gasteiger partial charge on any atom is 0.363 e. The number of carbonyl (C=O) groups excluding carboxylic acids is 2. The highest BCUT2D eigenvalue weighted by atomic mass is 35.5. The Labute approximate surface area is 177 Å². The number of benzene rings is 2. The van der Waals surface area contributed by atoms with E-state index < -0.39 is 5.97 Å². The Bertz CT molecular complexity index is 1210. The van der Waals surface area contributed by atoms with Crippen LogP contribution in [0.3, 0.4) is 0 Å². The third-order valence-corrected chi connectivity index (χ3v) is 4.84. The summed E-state index contributed by atoms with van der Waals surface area (Å²) < 4.78 is 11.1. The van der Waals surface area contributed by atoms with E-state index in [4.69, 9.17) is 20.8 Å². The number of ether oxygens (including phenoxy) is 1. The minimum atomic E-state index is -0.563. The fourth-order valence-electron chi connectivity index (χ4n) is 2.90. The first-order valence-electron chi connectivity index (χ1n) is 9.16. The maximum atomic E-state index is 12.2. The molecule has 1 N–H and O–H groups in total. The molecule has 6 nitrogen and oxygen atoms in total. The van der Waals surface area contributed by atoms with Gasteiger partial charge >= 0.3 is 5.97 Å². The van der Waals surface area contributed by atoms with Gasteiger partial charge in [-0.15, -0.1) is 0 Å². The second-order valence-corrected chi connectivity index (χ2v) is 7.17. The zero-order chi connectivity index (χ0) is 21.3. The van der Waals surface area contributed by atoms with E-state index in [0.29, 0.717) is 27.8 Å². The molecule has 0 fully saturated rings. The number of halogens is 1. The molecule has 1 aliphatic heterocycles. The van der Waals surface area contributed by atoms with Gasteiger partial charge in [-0.3, -0.25) is 4.79 Å². The van der Waals surface area contributed by atoms with Crippen LogP contribution in [0.15, 0.2) is 69.7 Å². The number of rotatable bonds is 4. The predicted octanol–water partition coefficient (Wildman–Crippen LogP) is 5.21. The first-order valence-corrected chi connectivity index (χ1v) is 9.54. The minimum Gasteiger partial charge on any atom is -0.457 e. The average Bonchev–Trinajstić information content (AvgIpc) is 3.32. The van der Waals surface area contributed by atoms with Gasteiger partial charge in [0.1, 0.15) is 11.5 Å². The highest BCUT2D eigenvalue weighted by Gasteiger charge is 2.24. The van der Waals surface area contributed by atoms with Crippen LogP contribution in [0.2, 0.25) is 5.02 Å². The number of carbonyl (C=O) groups is 2. The zero-order valence-corrected chi connectivity index (χ0v) is 17.0. The van der Waals surface area contributed by atoms with Crippen molar-refractivity contribution >= 4 is 41.1 Å². The molecule has 150 valence electrons. The quantitative estimate of drug-likeness (QED) is 0.464. The van der Waals surface area contributed by atoms with Crippen LogP contribution >= 0.6 is 11.6 Å². The molecule has 4 rings (SSSR count). The molecule has 0 saturated heterocycles. The van der Waals surface area contributed by atoms with Crippen molar-refractivity contribution < 1.29 is 18.7 Å². The summed E-state index contributed by atoms with van der Waals surface area (Å²) in [4.78, 5) is 27.6. The molecular weight excluding hydrogens is 404 g/mol. The van der Waals surface area contributed by atoms with Crippen molar-refractivity contribution in [2.75, 3.05) is 5.32 Å². The van der Waals surface area contributed by atoms with Crippen LogP contribution in [0.4, 0.5) is 5.69 Å². The van der Waals surface area contributed by atoms with E-state index in [1.807, 2.05) is 25.1 Å². The van der Waals surface area contributed by atoms with E-state index in [0.717, 1.165) is 11.1 Å². The topological polar surface area (TPSA) is 80.9 Å². The van der Waals surface area contributed by atoms with Crippen molar-refractivity contribution in [2.24, 2.45) is 4.99 Å². The fourth-order valence-corrected chi connectivity index (χ4v) is 3.08. The van der Waals surface area contributed by atoms with Crippen molar-refractivity contribution in [3.05, 3.63) is 82.2 Å². The number of aryl methyl sites for hydroxylation is 1. The molecule has 0 radical (unpaired) electrons. The summed E-state index contributed by atoms with van der Waals surface area (Å²) in [6.45, 7) is 3.36. The molecule has 2 aromatic carbocycles. The van der Waals surface area contributed by atoms with Crippen LogP contribution in [0, 0.1) is 6.92 Å². The maximum absolute atomic E-state index is 12.2. The Morgan fingerprint density at radius 3 is 2.50 bits per heavy atom. The van der Waals surface area contributed by atoms with E-state index in [2.05, 4.69) is 10.3 Å². The molecule has 0 saturated carbocycles. The van der Waals surface area contributed by atoms with E-state index in [-0.39, 0.29) is 17.5 Å². The Balaban J connectivity index is 1.56. The molecule has 0 atom stereocenters. The van der Waals surface area contributed by atoms with E-state index >= 15 is 0 Å². The van der Waals surface area contributed by atoms with Crippen molar-refractivity contribution in [3.8, 4) is 11.3 Å². The van der Waals surface area contributed by atoms with Gasteiger partial charge in [-0.25, -0.2) is 9.79 Å².